The van der Waals surface area contributed by atoms with E-state index in [1.54, 1.807) is 17.0 Å². The number of ether oxygens (including phenoxy) is 1. The summed E-state index contributed by atoms with van der Waals surface area (Å²) in [5.41, 5.74) is 0.913. The molecule has 8 heteroatoms. The molecule has 2 heterocycles. The van der Waals surface area contributed by atoms with Gasteiger partial charge in [0.1, 0.15) is 0 Å². The molecule has 1 aromatic heterocycles. The van der Waals surface area contributed by atoms with E-state index < -0.39 is 0 Å². The fourth-order valence-electron chi connectivity index (χ4n) is 2.72. The number of aromatic nitrogens is 2. The van der Waals surface area contributed by atoms with Gasteiger partial charge in [-0.15, -0.1) is 10.2 Å². The molecule has 1 aliphatic heterocycles. The number of hydrogen-bond acceptors (Lipinski definition) is 5. The minimum atomic E-state index is -0.338. The first-order chi connectivity index (χ1) is 12.2. The van der Waals surface area contributed by atoms with Gasteiger partial charge in [0.05, 0.1) is 19.6 Å². The maximum absolute atomic E-state index is 12.7. The van der Waals surface area contributed by atoms with E-state index in [4.69, 9.17) is 4.74 Å². The lowest BCUT2D eigenvalue weighted by Crippen LogP contribution is -2.39. The maximum atomic E-state index is 12.7. The van der Waals surface area contributed by atoms with Crippen molar-refractivity contribution in [2.75, 3.05) is 25.5 Å². The van der Waals surface area contributed by atoms with E-state index in [2.05, 4.69) is 20.8 Å². The molecule has 0 bridgehead atoms. The summed E-state index contributed by atoms with van der Waals surface area (Å²) >= 11 is 0. The number of rotatable bonds is 3. The molecular formula is C17H19N5O3. The molecule has 130 valence electrons. The highest BCUT2D eigenvalue weighted by Crippen LogP contribution is 2.26. The topological polar surface area (TPSA) is 96.5 Å². The first kappa shape index (κ1) is 16.7. The molecule has 0 spiro atoms. The number of anilines is 1. The highest BCUT2D eigenvalue weighted by atomic mass is 16.5. The Bertz CT molecular complexity index is 736. The molecule has 0 unspecified atom stereocenters. The first-order valence-corrected chi connectivity index (χ1v) is 7.94. The number of urea groups is 1. The van der Waals surface area contributed by atoms with Gasteiger partial charge in [-0.3, -0.25) is 10.1 Å². The van der Waals surface area contributed by atoms with E-state index in [0.717, 1.165) is 5.56 Å². The largest absolute Gasteiger partial charge is 0.480 e. The van der Waals surface area contributed by atoms with Crippen LogP contribution in [-0.4, -0.2) is 47.2 Å². The predicted molar refractivity (Wildman–Crippen MR) is 91.1 cm³/mol. The van der Waals surface area contributed by atoms with E-state index in [0.29, 0.717) is 24.8 Å². The summed E-state index contributed by atoms with van der Waals surface area (Å²) in [6, 6.07) is 12.1. The standard InChI is InChI=1S/C17H19N5O3/c1-25-16-8-7-14(20-21-16)19-17(24)22-10-9-18-15(23)11-13(22)12-5-3-2-4-6-12/h2-8,13H,9-11H2,1H3,(H,18,23)(H,19,20,24)/t13-/m1/s1. The Hall–Kier alpha value is -3.16. The number of amides is 3. The van der Waals surface area contributed by atoms with Crippen LogP contribution in [-0.2, 0) is 4.79 Å². The molecule has 0 aliphatic carbocycles. The van der Waals surface area contributed by atoms with Gasteiger partial charge in [-0.25, -0.2) is 4.79 Å². The fourth-order valence-corrected chi connectivity index (χ4v) is 2.72. The minimum Gasteiger partial charge on any atom is -0.480 e. The SMILES string of the molecule is COc1ccc(NC(=O)N2CCNC(=O)C[C@@H]2c2ccccc2)nn1. The van der Waals surface area contributed by atoms with Crippen molar-refractivity contribution < 1.29 is 14.3 Å². The molecule has 1 atom stereocenters. The zero-order chi connectivity index (χ0) is 17.6. The maximum Gasteiger partial charge on any atom is 0.323 e. The van der Waals surface area contributed by atoms with Crippen molar-refractivity contribution in [3.63, 3.8) is 0 Å². The zero-order valence-corrected chi connectivity index (χ0v) is 13.8. The third-order valence-corrected chi connectivity index (χ3v) is 3.96. The monoisotopic (exact) mass is 341 g/mol. The van der Waals surface area contributed by atoms with Gasteiger partial charge in [-0.05, 0) is 11.6 Å². The van der Waals surface area contributed by atoms with Crippen molar-refractivity contribution >= 4 is 17.8 Å². The van der Waals surface area contributed by atoms with Crippen LogP contribution >= 0.6 is 0 Å². The van der Waals surface area contributed by atoms with Crippen molar-refractivity contribution in [2.45, 2.75) is 12.5 Å². The predicted octanol–water partition coefficient (Wildman–Crippen LogP) is 1.58. The van der Waals surface area contributed by atoms with E-state index in [1.807, 2.05) is 30.3 Å². The zero-order valence-electron chi connectivity index (χ0n) is 13.8. The van der Waals surface area contributed by atoms with Crippen LogP contribution in [0.4, 0.5) is 10.6 Å². The molecule has 3 rings (SSSR count). The van der Waals surface area contributed by atoms with E-state index >= 15 is 0 Å². The van der Waals surface area contributed by atoms with Crippen LogP contribution < -0.4 is 15.4 Å². The smallest absolute Gasteiger partial charge is 0.323 e. The first-order valence-electron chi connectivity index (χ1n) is 7.94. The van der Waals surface area contributed by atoms with Gasteiger partial charge in [0.25, 0.3) is 0 Å². The molecule has 2 aromatic rings. The summed E-state index contributed by atoms with van der Waals surface area (Å²) < 4.78 is 4.95. The van der Waals surface area contributed by atoms with Crippen LogP contribution in [0.15, 0.2) is 42.5 Å². The lowest BCUT2D eigenvalue weighted by atomic mass is 10.0. The molecule has 1 fully saturated rings. The number of methoxy groups -OCH3 is 1. The molecule has 8 nitrogen and oxygen atoms in total. The van der Waals surface area contributed by atoms with Gasteiger partial charge in [0.2, 0.25) is 11.8 Å². The van der Waals surface area contributed by atoms with Crippen LogP contribution in [0.1, 0.15) is 18.0 Å². The molecule has 1 aromatic carbocycles. The normalized spacial score (nSPS) is 17.4. The molecular weight excluding hydrogens is 322 g/mol. The molecule has 3 amide bonds. The highest BCUT2D eigenvalue weighted by Gasteiger charge is 2.30. The molecule has 0 saturated carbocycles. The van der Waals surface area contributed by atoms with Gasteiger partial charge in [-0.2, -0.15) is 0 Å². The van der Waals surface area contributed by atoms with E-state index in [9.17, 15) is 9.59 Å². The Balaban J connectivity index is 1.80. The summed E-state index contributed by atoms with van der Waals surface area (Å²) in [6.45, 7) is 0.810. The number of carbonyl (C=O) groups is 2. The van der Waals surface area contributed by atoms with Crippen molar-refractivity contribution in [1.82, 2.24) is 20.4 Å². The Kier molecular flexibility index (Phi) is 5.08. The van der Waals surface area contributed by atoms with Crippen LogP contribution in [0, 0.1) is 0 Å². The number of nitrogens with zero attached hydrogens (tertiary/aromatic N) is 3. The Labute approximate surface area is 145 Å². The number of nitrogens with one attached hydrogen (secondary N) is 2. The van der Waals surface area contributed by atoms with Crippen LogP contribution in [0.2, 0.25) is 0 Å². The second kappa shape index (κ2) is 7.61. The van der Waals surface area contributed by atoms with Crippen LogP contribution in [0.3, 0.4) is 0 Å². The van der Waals surface area contributed by atoms with Crippen molar-refractivity contribution in [3.05, 3.63) is 48.0 Å². The summed E-state index contributed by atoms with van der Waals surface area (Å²) in [5.74, 6) is 0.610. The lowest BCUT2D eigenvalue weighted by Gasteiger charge is -2.29. The number of carbonyl (C=O) groups excluding carboxylic acids is 2. The Morgan fingerprint density at radius 3 is 2.72 bits per heavy atom. The highest BCUT2D eigenvalue weighted by molar-refractivity contribution is 5.89. The number of hydrogen-bond donors (Lipinski definition) is 2. The third kappa shape index (κ3) is 4.03. The molecule has 25 heavy (non-hydrogen) atoms. The average molecular weight is 341 g/mol. The van der Waals surface area contributed by atoms with E-state index in [-0.39, 0.29) is 24.4 Å². The molecule has 1 saturated heterocycles. The summed E-state index contributed by atoms with van der Waals surface area (Å²) in [4.78, 5) is 26.3. The summed E-state index contributed by atoms with van der Waals surface area (Å²) in [5, 5.41) is 13.3. The average Bonchev–Trinajstić information content (AvgIpc) is 2.84. The molecule has 1 aliphatic rings. The number of benzene rings is 1. The Morgan fingerprint density at radius 1 is 1.24 bits per heavy atom. The third-order valence-electron chi connectivity index (χ3n) is 3.96. The van der Waals surface area contributed by atoms with Crippen molar-refractivity contribution in [2.24, 2.45) is 0 Å². The van der Waals surface area contributed by atoms with Crippen LogP contribution in [0.25, 0.3) is 0 Å². The molecule has 0 radical (unpaired) electrons. The minimum absolute atomic E-state index is 0.0756. The lowest BCUT2D eigenvalue weighted by molar-refractivity contribution is -0.121. The van der Waals surface area contributed by atoms with Gasteiger partial charge in [0.15, 0.2) is 5.82 Å². The summed E-state index contributed by atoms with van der Waals surface area (Å²) in [7, 11) is 1.49. The van der Waals surface area contributed by atoms with Gasteiger partial charge >= 0.3 is 6.03 Å². The van der Waals surface area contributed by atoms with E-state index in [1.165, 1.54) is 7.11 Å². The second-order valence-corrected chi connectivity index (χ2v) is 5.57. The second-order valence-electron chi connectivity index (χ2n) is 5.57. The Morgan fingerprint density at radius 2 is 2.04 bits per heavy atom. The van der Waals surface area contributed by atoms with Crippen molar-refractivity contribution in [3.8, 4) is 5.88 Å². The fraction of sp³-hybridized carbons (Fsp3) is 0.294. The summed E-state index contributed by atoms with van der Waals surface area (Å²) in [6.07, 6.45) is 0.214. The van der Waals surface area contributed by atoms with Crippen LogP contribution in [0.5, 0.6) is 5.88 Å². The molecule has 2 N–H and O–H groups in total. The van der Waals surface area contributed by atoms with Gasteiger partial charge in [0, 0.05) is 19.2 Å². The van der Waals surface area contributed by atoms with Gasteiger partial charge < -0.3 is 15.0 Å². The quantitative estimate of drug-likeness (QED) is 0.883. The van der Waals surface area contributed by atoms with Gasteiger partial charge in [-0.1, -0.05) is 30.3 Å². The van der Waals surface area contributed by atoms with Crippen molar-refractivity contribution in [1.29, 1.82) is 0 Å².